The van der Waals surface area contributed by atoms with Crippen LogP contribution >= 0.6 is 11.3 Å². The lowest BCUT2D eigenvalue weighted by atomic mass is 10.1. The fourth-order valence-electron chi connectivity index (χ4n) is 1.41. The molecule has 6 N–H and O–H groups in total. The fraction of sp³-hybridized carbons (Fsp3) is 0. The number of nitrogens with two attached hydrogens (primary N) is 2. The topological polar surface area (TPSA) is 118 Å². The second-order valence-electron chi connectivity index (χ2n) is 3.52. The molecule has 92 valence electrons. The van der Waals surface area contributed by atoms with E-state index in [1.54, 1.807) is 18.2 Å². The highest BCUT2D eigenvalue weighted by molar-refractivity contribution is 7.14. The highest BCUT2D eigenvalue weighted by atomic mass is 32.1. The molecule has 0 saturated heterocycles. The third kappa shape index (κ3) is 2.64. The molecule has 2 aromatic rings. The molecule has 18 heavy (non-hydrogen) atoms. The Morgan fingerprint density at radius 2 is 2.17 bits per heavy atom. The van der Waals surface area contributed by atoms with E-state index in [4.69, 9.17) is 16.9 Å². The predicted molar refractivity (Wildman–Crippen MR) is 71.6 cm³/mol. The molecule has 0 aliphatic heterocycles. The van der Waals surface area contributed by atoms with E-state index in [2.05, 4.69) is 10.3 Å². The van der Waals surface area contributed by atoms with Crippen LogP contribution in [0.1, 0.15) is 10.4 Å². The smallest absolute Gasteiger partial charge is 0.248 e. The molecule has 7 heteroatoms. The van der Waals surface area contributed by atoms with Crippen LogP contribution in [0.5, 0.6) is 0 Å². The molecule has 0 atom stereocenters. The van der Waals surface area contributed by atoms with E-state index in [1.165, 1.54) is 11.3 Å². The maximum Gasteiger partial charge on any atom is 0.248 e. The second-order valence-corrected chi connectivity index (χ2v) is 4.38. The fourth-order valence-corrected chi connectivity index (χ4v) is 2.14. The van der Waals surface area contributed by atoms with Crippen molar-refractivity contribution in [2.45, 2.75) is 0 Å². The predicted octanol–water partition coefficient (Wildman–Crippen LogP) is 1.21. The number of guanidine groups is 1. The summed E-state index contributed by atoms with van der Waals surface area (Å²) in [6.45, 7) is 0. The lowest BCUT2D eigenvalue weighted by molar-refractivity contribution is 0.100. The normalized spacial score (nSPS) is 10.0. The first-order valence-electron chi connectivity index (χ1n) is 5.03. The van der Waals surface area contributed by atoms with Gasteiger partial charge in [-0.2, -0.15) is 0 Å². The van der Waals surface area contributed by atoms with Gasteiger partial charge in [-0.15, -0.1) is 11.3 Å². The van der Waals surface area contributed by atoms with E-state index >= 15 is 0 Å². The van der Waals surface area contributed by atoms with Gasteiger partial charge in [0.15, 0.2) is 11.1 Å². The van der Waals surface area contributed by atoms with Gasteiger partial charge in [0.2, 0.25) is 5.91 Å². The molecule has 0 spiro atoms. The first-order valence-corrected chi connectivity index (χ1v) is 5.91. The van der Waals surface area contributed by atoms with Crippen molar-refractivity contribution in [3.05, 3.63) is 35.2 Å². The van der Waals surface area contributed by atoms with Crippen LogP contribution in [0.25, 0.3) is 11.3 Å². The van der Waals surface area contributed by atoms with Gasteiger partial charge in [-0.1, -0.05) is 12.1 Å². The molecule has 1 amide bonds. The minimum Gasteiger partial charge on any atom is -0.370 e. The number of anilines is 1. The number of thiazole rings is 1. The van der Waals surface area contributed by atoms with E-state index in [9.17, 15) is 4.79 Å². The van der Waals surface area contributed by atoms with Crippen molar-refractivity contribution in [1.82, 2.24) is 4.98 Å². The lowest BCUT2D eigenvalue weighted by Crippen LogP contribution is -2.20. The summed E-state index contributed by atoms with van der Waals surface area (Å²) >= 11 is 1.33. The van der Waals surface area contributed by atoms with Crippen LogP contribution in [-0.4, -0.2) is 16.9 Å². The number of carbonyl (C=O) groups is 1. The summed E-state index contributed by atoms with van der Waals surface area (Å²) in [4.78, 5) is 15.3. The molecule has 0 aliphatic carbocycles. The minimum absolute atomic E-state index is 0.165. The number of benzene rings is 1. The zero-order valence-electron chi connectivity index (χ0n) is 9.31. The van der Waals surface area contributed by atoms with Gasteiger partial charge < -0.3 is 16.8 Å². The second kappa shape index (κ2) is 4.84. The maximum atomic E-state index is 11.1. The first kappa shape index (κ1) is 12.1. The Bertz CT molecular complexity index is 607. The summed E-state index contributed by atoms with van der Waals surface area (Å²) in [7, 11) is 0. The monoisotopic (exact) mass is 261 g/mol. The van der Waals surface area contributed by atoms with Crippen molar-refractivity contribution in [2.75, 3.05) is 5.32 Å². The number of hydrogen-bond acceptors (Lipinski definition) is 4. The molecule has 1 aromatic heterocycles. The molecule has 0 bridgehead atoms. The van der Waals surface area contributed by atoms with Gasteiger partial charge in [0.25, 0.3) is 0 Å². The molecule has 1 heterocycles. The van der Waals surface area contributed by atoms with E-state index < -0.39 is 5.91 Å². The Morgan fingerprint density at radius 3 is 2.83 bits per heavy atom. The van der Waals surface area contributed by atoms with E-state index in [0.29, 0.717) is 16.4 Å². The van der Waals surface area contributed by atoms with Gasteiger partial charge in [0.1, 0.15) is 0 Å². The molecular formula is C11H11N5OS. The highest BCUT2D eigenvalue weighted by Crippen LogP contribution is 2.25. The molecule has 0 saturated carbocycles. The number of aromatic nitrogens is 1. The Hall–Kier alpha value is -2.41. The van der Waals surface area contributed by atoms with Crippen molar-refractivity contribution in [2.24, 2.45) is 11.5 Å². The van der Waals surface area contributed by atoms with E-state index in [0.717, 1.165) is 5.56 Å². The van der Waals surface area contributed by atoms with Gasteiger partial charge >= 0.3 is 0 Å². The van der Waals surface area contributed by atoms with Crippen LogP contribution in [0.3, 0.4) is 0 Å². The summed E-state index contributed by atoms with van der Waals surface area (Å²) < 4.78 is 0. The summed E-state index contributed by atoms with van der Waals surface area (Å²) in [6, 6.07) is 6.90. The lowest BCUT2D eigenvalue weighted by Gasteiger charge is -2.00. The molecule has 0 radical (unpaired) electrons. The van der Waals surface area contributed by atoms with Gasteiger partial charge in [-0.3, -0.25) is 10.2 Å². The zero-order valence-corrected chi connectivity index (χ0v) is 10.1. The van der Waals surface area contributed by atoms with Crippen molar-refractivity contribution in [3.63, 3.8) is 0 Å². The van der Waals surface area contributed by atoms with Gasteiger partial charge in [0, 0.05) is 16.5 Å². The van der Waals surface area contributed by atoms with Crippen molar-refractivity contribution < 1.29 is 4.79 Å². The van der Waals surface area contributed by atoms with Crippen LogP contribution in [0.15, 0.2) is 29.6 Å². The first-order chi connectivity index (χ1) is 8.56. The molecule has 0 aliphatic rings. The Labute approximate surface area is 107 Å². The number of primary amides is 1. The van der Waals surface area contributed by atoms with Crippen molar-refractivity contribution >= 4 is 28.3 Å². The van der Waals surface area contributed by atoms with Crippen molar-refractivity contribution in [1.29, 1.82) is 5.41 Å². The number of carbonyl (C=O) groups excluding carboxylic acids is 1. The Morgan fingerprint density at radius 1 is 1.39 bits per heavy atom. The molecule has 2 rings (SSSR count). The van der Waals surface area contributed by atoms with E-state index in [-0.39, 0.29) is 5.96 Å². The minimum atomic E-state index is -0.478. The number of amides is 1. The SMILES string of the molecule is N=C(N)Nc1nc(-c2cccc(C(N)=O)c2)cs1. The third-order valence-corrected chi connectivity index (χ3v) is 2.95. The van der Waals surface area contributed by atoms with Gasteiger partial charge in [-0.05, 0) is 12.1 Å². The highest BCUT2D eigenvalue weighted by Gasteiger charge is 2.07. The van der Waals surface area contributed by atoms with Crippen LogP contribution < -0.4 is 16.8 Å². The largest absolute Gasteiger partial charge is 0.370 e. The Kier molecular flexibility index (Phi) is 3.24. The average Bonchev–Trinajstić information content (AvgIpc) is 2.77. The number of nitrogens with zero attached hydrogens (tertiary/aromatic N) is 1. The van der Waals surface area contributed by atoms with Crippen LogP contribution in [0.2, 0.25) is 0 Å². The summed E-state index contributed by atoms with van der Waals surface area (Å²) in [5.74, 6) is -0.643. The van der Waals surface area contributed by atoms with E-state index in [1.807, 2.05) is 11.4 Å². The standard InChI is InChI=1S/C11H11N5OS/c12-9(17)7-3-1-2-6(4-7)8-5-18-11(15-8)16-10(13)14/h1-5H,(H2,12,17)(H4,13,14,15,16). The van der Waals surface area contributed by atoms with Gasteiger partial charge in [0.05, 0.1) is 5.69 Å². The summed E-state index contributed by atoms with van der Waals surface area (Å²) in [5.41, 5.74) is 12.4. The third-order valence-electron chi connectivity index (χ3n) is 2.19. The van der Waals surface area contributed by atoms with Crippen LogP contribution in [0.4, 0.5) is 5.13 Å². The zero-order chi connectivity index (χ0) is 13.1. The van der Waals surface area contributed by atoms with Gasteiger partial charge in [-0.25, -0.2) is 4.98 Å². The maximum absolute atomic E-state index is 11.1. The Balaban J connectivity index is 2.31. The average molecular weight is 261 g/mol. The molecular weight excluding hydrogens is 250 g/mol. The molecule has 0 fully saturated rings. The van der Waals surface area contributed by atoms with Crippen LogP contribution in [0, 0.1) is 5.41 Å². The molecule has 0 unspecified atom stereocenters. The van der Waals surface area contributed by atoms with Crippen LogP contribution in [-0.2, 0) is 0 Å². The van der Waals surface area contributed by atoms with Crippen molar-refractivity contribution in [3.8, 4) is 11.3 Å². The quantitative estimate of drug-likeness (QED) is 0.490. The molecule has 6 nitrogen and oxygen atoms in total. The number of hydrogen-bond donors (Lipinski definition) is 4. The summed E-state index contributed by atoms with van der Waals surface area (Å²) in [5, 5.41) is 12.1. The number of rotatable bonds is 3. The molecule has 1 aromatic carbocycles. The number of nitrogens with one attached hydrogen (secondary N) is 2. The summed E-state index contributed by atoms with van der Waals surface area (Å²) in [6.07, 6.45) is 0.